The molecule has 9 heteroatoms. The molecular formula is C12H10F3N5S. The third kappa shape index (κ3) is 2.49. The van der Waals surface area contributed by atoms with E-state index in [4.69, 9.17) is 5.73 Å². The van der Waals surface area contributed by atoms with E-state index in [0.29, 0.717) is 18.0 Å². The zero-order chi connectivity index (χ0) is 15.0. The number of hydrogen-bond acceptors (Lipinski definition) is 5. The molecule has 2 N–H and O–H groups in total. The first-order valence-corrected chi connectivity index (χ1v) is 6.90. The molecule has 0 bridgehead atoms. The molecule has 21 heavy (non-hydrogen) atoms. The van der Waals surface area contributed by atoms with Gasteiger partial charge in [0.1, 0.15) is 5.01 Å². The van der Waals surface area contributed by atoms with E-state index in [2.05, 4.69) is 15.3 Å². The van der Waals surface area contributed by atoms with Gasteiger partial charge in [0.05, 0.1) is 0 Å². The van der Waals surface area contributed by atoms with Gasteiger partial charge in [0.25, 0.3) is 5.82 Å². The van der Waals surface area contributed by atoms with Crippen LogP contribution in [0, 0.1) is 0 Å². The van der Waals surface area contributed by atoms with Gasteiger partial charge in [-0.15, -0.1) is 10.2 Å². The topological polar surface area (TPSA) is 69.1 Å². The maximum Gasteiger partial charge on any atom is 0.453 e. The molecule has 0 aliphatic heterocycles. The maximum absolute atomic E-state index is 12.8. The Balaban J connectivity index is 2.12. The summed E-state index contributed by atoms with van der Waals surface area (Å²) in [6, 6.07) is 7.36. The van der Waals surface area contributed by atoms with Crippen LogP contribution in [0.15, 0.2) is 24.3 Å². The van der Waals surface area contributed by atoms with E-state index in [0.717, 1.165) is 27.0 Å². The minimum Gasteiger partial charge on any atom is -0.330 e. The van der Waals surface area contributed by atoms with E-state index < -0.39 is 12.0 Å². The van der Waals surface area contributed by atoms with Crippen LogP contribution in [0.2, 0.25) is 0 Å². The zero-order valence-corrected chi connectivity index (χ0v) is 11.4. The van der Waals surface area contributed by atoms with Crippen LogP contribution in [-0.4, -0.2) is 26.4 Å². The first-order valence-electron chi connectivity index (χ1n) is 6.08. The molecule has 0 aliphatic carbocycles. The lowest BCUT2D eigenvalue weighted by atomic mass is 10.1. The van der Waals surface area contributed by atoms with Crippen molar-refractivity contribution in [3.05, 3.63) is 35.7 Å². The monoisotopic (exact) mass is 313 g/mol. The highest BCUT2D eigenvalue weighted by Crippen LogP contribution is 2.32. The second kappa shape index (κ2) is 5.08. The van der Waals surface area contributed by atoms with Gasteiger partial charge >= 0.3 is 6.18 Å². The number of halogens is 3. The quantitative estimate of drug-likeness (QED) is 0.806. The predicted molar refractivity (Wildman–Crippen MR) is 71.9 cm³/mol. The van der Waals surface area contributed by atoms with Crippen molar-refractivity contribution in [3.8, 4) is 10.6 Å². The van der Waals surface area contributed by atoms with E-state index in [9.17, 15) is 13.2 Å². The number of benzene rings is 1. The zero-order valence-electron chi connectivity index (χ0n) is 10.6. The van der Waals surface area contributed by atoms with Crippen molar-refractivity contribution in [3.63, 3.8) is 0 Å². The number of rotatable bonds is 3. The van der Waals surface area contributed by atoms with E-state index >= 15 is 0 Å². The lowest BCUT2D eigenvalue weighted by Gasteiger charge is -2.05. The standard InChI is InChI=1S/C12H10F3N5S/c13-12(14,15)10-17-18-11-20(10)19-9(21-11)8-4-2-1-3-7(8)5-6-16/h1-4H,5-6,16H2. The predicted octanol–water partition coefficient (Wildman–Crippen LogP) is 2.37. The fraction of sp³-hybridized carbons (Fsp3) is 0.250. The molecule has 0 atom stereocenters. The van der Waals surface area contributed by atoms with Gasteiger partial charge < -0.3 is 5.73 Å². The van der Waals surface area contributed by atoms with Crippen LogP contribution in [-0.2, 0) is 12.6 Å². The minimum absolute atomic E-state index is 0.111. The van der Waals surface area contributed by atoms with E-state index in [1.165, 1.54) is 0 Å². The number of hydrogen-bond donors (Lipinski definition) is 1. The molecule has 2 aromatic heterocycles. The molecule has 5 nitrogen and oxygen atoms in total. The summed E-state index contributed by atoms with van der Waals surface area (Å²) >= 11 is 1.06. The van der Waals surface area contributed by atoms with Gasteiger partial charge in [-0.05, 0) is 18.5 Å². The molecule has 0 saturated heterocycles. The van der Waals surface area contributed by atoms with Crippen LogP contribution in [0.3, 0.4) is 0 Å². The molecule has 0 spiro atoms. The Kier molecular flexibility index (Phi) is 3.38. The second-order valence-electron chi connectivity index (χ2n) is 4.32. The first kappa shape index (κ1) is 14.0. The number of fused-ring (bicyclic) bond motifs is 1. The Morgan fingerprint density at radius 1 is 1.19 bits per heavy atom. The minimum atomic E-state index is -4.58. The Morgan fingerprint density at radius 2 is 1.95 bits per heavy atom. The molecular weight excluding hydrogens is 303 g/mol. The molecule has 0 amide bonds. The summed E-state index contributed by atoms with van der Waals surface area (Å²) in [5, 5.41) is 11.1. The van der Waals surface area contributed by atoms with Crippen LogP contribution in [0.4, 0.5) is 13.2 Å². The van der Waals surface area contributed by atoms with Crippen molar-refractivity contribution in [2.24, 2.45) is 5.73 Å². The van der Waals surface area contributed by atoms with Gasteiger partial charge in [-0.1, -0.05) is 35.6 Å². The summed E-state index contributed by atoms with van der Waals surface area (Å²) < 4.78 is 39.1. The molecule has 3 rings (SSSR count). The Morgan fingerprint density at radius 3 is 2.67 bits per heavy atom. The van der Waals surface area contributed by atoms with Crippen molar-refractivity contribution < 1.29 is 13.2 Å². The first-order chi connectivity index (χ1) is 10.0. The van der Waals surface area contributed by atoms with E-state index in [1.54, 1.807) is 0 Å². The highest BCUT2D eigenvalue weighted by atomic mass is 32.1. The lowest BCUT2D eigenvalue weighted by Crippen LogP contribution is -2.11. The Bertz CT molecular complexity index is 777. The number of alkyl halides is 3. The van der Waals surface area contributed by atoms with Crippen LogP contribution >= 0.6 is 11.3 Å². The van der Waals surface area contributed by atoms with Crippen LogP contribution in [0.1, 0.15) is 11.4 Å². The second-order valence-corrected chi connectivity index (χ2v) is 5.27. The molecule has 0 aliphatic rings. The van der Waals surface area contributed by atoms with Crippen LogP contribution in [0.5, 0.6) is 0 Å². The Labute approximate surface area is 121 Å². The van der Waals surface area contributed by atoms with E-state index in [-0.39, 0.29) is 4.96 Å². The van der Waals surface area contributed by atoms with Gasteiger partial charge in [0.2, 0.25) is 4.96 Å². The summed E-state index contributed by atoms with van der Waals surface area (Å²) in [4.78, 5) is 0.111. The molecule has 0 fully saturated rings. The van der Waals surface area contributed by atoms with Crippen LogP contribution in [0.25, 0.3) is 15.5 Å². The fourth-order valence-corrected chi connectivity index (χ4v) is 2.90. The number of nitrogens with zero attached hydrogens (tertiary/aromatic N) is 4. The average molecular weight is 313 g/mol. The molecule has 1 aromatic carbocycles. The molecule has 0 unspecified atom stereocenters. The van der Waals surface area contributed by atoms with Gasteiger partial charge in [0, 0.05) is 5.56 Å². The van der Waals surface area contributed by atoms with Gasteiger partial charge in [0.15, 0.2) is 0 Å². The number of nitrogens with two attached hydrogens (primary N) is 1. The van der Waals surface area contributed by atoms with Crippen molar-refractivity contribution in [2.75, 3.05) is 6.54 Å². The molecule has 0 saturated carbocycles. The van der Waals surface area contributed by atoms with Crippen molar-refractivity contribution >= 4 is 16.3 Å². The van der Waals surface area contributed by atoms with Crippen molar-refractivity contribution in [2.45, 2.75) is 12.6 Å². The summed E-state index contributed by atoms with van der Waals surface area (Å²) in [6.07, 6.45) is -3.95. The van der Waals surface area contributed by atoms with Gasteiger partial charge in [-0.25, -0.2) is 0 Å². The van der Waals surface area contributed by atoms with Crippen molar-refractivity contribution in [1.29, 1.82) is 0 Å². The molecule has 3 aromatic rings. The molecule has 110 valence electrons. The largest absolute Gasteiger partial charge is 0.453 e. The Hall–Kier alpha value is -2.00. The fourth-order valence-electron chi connectivity index (χ4n) is 2.01. The third-order valence-corrected chi connectivity index (χ3v) is 3.84. The summed E-state index contributed by atoms with van der Waals surface area (Å²) in [6.45, 7) is 0.453. The van der Waals surface area contributed by atoms with Gasteiger partial charge in [-0.2, -0.15) is 22.8 Å². The number of aromatic nitrogens is 4. The average Bonchev–Trinajstić information content (AvgIpc) is 2.98. The SMILES string of the molecule is NCCc1ccccc1-c1nn2c(C(F)(F)F)nnc2s1. The summed E-state index contributed by atoms with van der Waals surface area (Å²) in [5.74, 6) is -1.11. The van der Waals surface area contributed by atoms with Crippen molar-refractivity contribution in [1.82, 2.24) is 19.8 Å². The summed E-state index contributed by atoms with van der Waals surface area (Å²) in [7, 11) is 0. The normalized spacial score (nSPS) is 12.2. The lowest BCUT2D eigenvalue weighted by molar-refractivity contribution is -0.146. The smallest absolute Gasteiger partial charge is 0.330 e. The van der Waals surface area contributed by atoms with Gasteiger partial charge in [-0.3, -0.25) is 0 Å². The summed E-state index contributed by atoms with van der Waals surface area (Å²) in [5.41, 5.74) is 7.26. The third-order valence-electron chi connectivity index (χ3n) is 2.91. The molecule has 2 heterocycles. The highest BCUT2D eigenvalue weighted by molar-refractivity contribution is 7.19. The van der Waals surface area contributed by atoms with Crippen LogP contribution < -0.4 is 5.73 Å². The van der Waals surface area contributed by atoms with E-state index in [1.807, 2.05) is 24.3 Å². The molecule has 0 radical (unpaired) electrons. The highest BCUT2D eigenvalue weighted by Gasteiger charge is 2.38. The maximum atomic E-state index is 12.8.